The number of carbonyl (C=O) groups is 2. The molecule has 0 amide bonds. The number of thioether (sulfide) groups is 2. The van der Waals surface area contributed by atoms with Gasteiger partial charge < -0.3 is 14.9 Å². The van der Waals surface area contributed by atoms with Crippen LogP contribution in [0.25, 0.3) is 0 Å². The number of phosphoric acid groups is 1. The Bertz CT molecular complexity index is 1030. The van der Waals surface area contributed by atoms with Gasteiger partial charge in [-0.25, -0.2) is 4.57 Å². The van der Waals surface area contributed by atoms with Gasteiger partial charge in [-0.2, -0.15) is 0 Å². The Hall–Kier alpha value is -0.870. The molecule has 2 rings (SSSR count). The van der Waals surface area contributed by atoms with Gasteiger partial charge in [0.05, 0.1) is 19.8 Å². The zero-order chi connectivity index (χ0) is 26.9. The van der Waals surface area contributed by atoms with Crippen LogP contribution in [0.3, 0.4) is 0 Å². The molecule has 0 saturated carbocycles. The molecule has 2 heterocycles. The minimum absolute atomic E-state index is 0.0304. The normalized spacial score (nSPS) is 24.2. The van der Waals surface area contributed by atoms with E-state index in [4.69, 9.17) is 30.5 Å². The van der Waals surface area contributed by atoms with Crippen LogP contribution in [-0.4, -0.2) is 79.1 Å². The summed E-state index contributed by atoms with van der Waals surface area (Å²) in [5.74, 6) is 0.437. The SMILES string of the molecule is CCC(=O)SCCOP(=O)(OCCSC(=O)CC)OC[C@H]1O[C@@H](n2ccc(=O)[nH]c2=S)[C@](C)(O)C1O. The molecule has 1 saturated heterocycles. The summed E-state index contributed by atoms with van der Waals surface area (Å²) >= 11 is 7.15. The van der Waals surface area contributed by atoms with Gasteiger partial charge in [0.2, 0.25) is 0 Å². The average molecular weight is 587 g/mol. The summed E-state index contributed by atoms with van der Waals surface area (Å²) in [7, 11) is -4.18. The molecule has 204 valence electrons. The van der Waals surface area contributed by atoms with Crippen molar-refractivity contribution >= 4 is 53.8 Å². The molecule has 0 radical (unpaired) electrons. The Balaban J connectivity index is 2.06. The predicted molar refractivity (Wildman–Crippen MR) is 137 cm³/mol. The molecule has 1 aromatic rings. The molecular formula is C20H31N2O10PS3. The van der Waals surface area contributed by atoms with Gasteiger partial charge in [-0.15, -0.1) is 0 Å². The minimum atomic E-state index is -4.18. The Labute approximate surface area is 222 Å². The van der Waals surface area contributed by atoms with Crippen molar-refractivity contribution in [1.82, 2.24) is 9.55 Å². The molecule has 4 atom stereocenters. The highest BCUT2D eigenvalue weighted by Gasteiger charge is 2.53. The maximum Gasteiger partial charge on any atom is 0.474 e. The number of phosphoric ester groups is 1. The molecule has 1 aromatic heterocycles. The van der Waals surface area contributed by atoms with Gasteiger partial charge in [0.15, 0.2) is 21.2 Å². The van der Waals surface area contributed by atoms with Crippen LogP contribution in [0.4, 0.5) is 0 Å². The number of hydrogen-bond donors (Lipinski definition) is 3. The number of ether oxygens (including phenoxy) is 1. The Morgan fingerprint density at radius 3 is 2.25 bits per heavy atom. The summed E-state index contributed by atoms with van der Waals surface area (Å²) < 4.78 is 36.3. The molecule has 0 bridgehead atoms. The monoisotopic (exact) mass is 586 g/mol. The molecule has 12 nitrogen and oxygen atoms in total. The molecular weight excluding hydrogens is 555 g/mol. The zero-order valence-electron chi connectivity index (χ0n) is 20.1. The third-order valence-electron chi connectivity index (χ3n) is 5.02. The molecule has 0 aromatic carbocycles. The fourth-order valence-electron chi connectivity index (χ4n) is 3.08. The number of aliphatic hydroxyl groups is 2. The van der Waals surface area contributed by atoms with Crippen LogP contribution in [0.5, 0.6) is 0 Å². The van der Waals surface area contributed by atoms with E-state index in [1.807, 2.05) is 0 Å². The van der Waals surface area contributed by atoms with Crippen LogP contribution in [0.2, 0.25) is 0 Å². The van der Waals surface area contributed by atoms with Crippen LogP contribution in [0.1, 0.15) is 39.8 Å². The van der Waals surface area contributed by atoms with Gasteiger partial charge in [0.1, 0.15) is 17.8 Å². The lowest BCUT2D eigenvalue weighted by Crippen LogP contribution is -2.44. The summed E-state index contributed by atoms with van der Waals surface area (Å²) in [6.45, 7) is 4.05. The number of aromatic amines is 1. The first kappa shape index (κ1) is 31.3. The Morgan fingerprint density at radius 1 is 1.19 bits per heavy atom. The maximum absolute atomic E-state index is 13.2. The first-order valence-corrected chi connectivity index (χ1v) is 15.0. The van der Waals surface area contributed by atoms with E-state index in [-0.39, 0.29) is 39.7 Å². The van der Waals surface area contributed by atoms with Crippen molar-refractivity contribution in [3.63, 3.8) is 0 Å². The number of rotatable bonds is 14. The number of aromatic nitrogens is 2. The van der Waals surface area contributed by atoms with Crippen LogP contribution >= 0.6 is 43.6 Å². The smallest absolute Gasteiger partial charge is 0.387 e. The van der Waals surface area contributed by atoms with Crippen molar-refractivity contribution in [2.24, 2.45) is 0 Å². The zero-order valence-corrected chi connectivity index (χ0v) is 23.5. The molecule has 0 aliphatic carbocycles. The Morgan fingerprint density at radius 2 is 1.75 bits per heavy atom. The highest BCUT2D eigenvalue weighted by atomic mass is 32.2. The van der Waals surface area contributed by atoms with Crippen molar-refractivity contribution in [3.05, 3.63) is 27.4 Å². The first-order valence-electron chi connectivity index (χ1n) is 11.2. The van der Waals surface area contributed by atoms with Crippen molar-refractivity contribution in [3.8, 4) is 0 Å². The molecule has 1 aliphatic rings. The van der Waals surface area contributed by atoms with Gasteiger partial charge in [0, 0.05) is 36.6 Å². The lowest BCUT2D eigenvalue weighted by Gasteiger charge is -2.28. The van der Waals surface area contributed by atoms with E-state index in [1.54, 1.807) is 13.8 Å². The summed E-state index contributed by atoms with van der Waals surface area (Å²) in [4.78, 5) is 36.8. The van der Waals surface area contributed by atoms with E-state index in [0.29, 0.717) is 12.8 Å². The van der Waals surface area contributed by atoms with Crippen LogP contribution in [-0.2, 0) is 32.5 Å². The summed E-state index contributed by atoms with van der Waals surface area (Å²) in [6.07, 6.45) is -1.82. The first-order chi connectivity index (χ1) is 16.9. The lowest BCUT2D eigenvalue weighted by molar-refractivity contribution is -0.111. The summed E-state index contributed by atoms with van der Waals surface area (Å²) in [5, 5.41) is 21.4. The van der Waals surface area contributed by atoms with Gasteiger partial charge in [0.25, 0.3) is 5.56 Å². The number of nitrogens with zero attached hydrogens (tertiary/aromatic N) is 1. The molecule has 1 fully saturated rings. The molecule has 3 N–H and O–H groups in total. The van der Waals surface area contributed by atoms with Crippen LogP contribution in [0, 0.1) is 4.77 Å². The maximum atomic E-state index is 13.2. The van der Waals surface area contributed by atoms with E-state index < -0.39 is 44.0 Å². The standard InChI is InChI=1S/C20H31N2O10PS3/c1-4-15(24)35-10-8-29-33(28,30-9-11-36-16(25)5-2)31-12-13-17(26)20(3,27)18(32-13)22-7-6-14(23)21-19(22)34/h6-7,13,17-18,26-27H,4-5,8-12H2,1-3H3,(H,21,23,34)/t13-,17?,18-,20-/m1/s1. The number of aliphatic hydroxyl groups excluding tert-OH is 1. The van der Waals surface area contributed by atoms with E-state index in [1.165, 1.54) is 23.8 Å². The molecule has 36 heavy (non-hydrogen) atoms. The molecule has 1 aliphatic heterocycles. The van der Waals surface area contributed by atoms with E-state index >= 15 is 0 Å². The fraction of sp³-hybridized carbons (Fsp3) is 0.700. The molecule has 1 unspecified atom stereocenters. The van der Waals surface area contributed by atoms with Crippen molar-refractivity contribution < 1.29 is 42.7 Å². The third kappa shape index (κ3) is 8.86. The van der Waals surface area contributed by atoms with Gasteiger partial charge in [-0.3, -0.25) is 37.5 Å². The highest BCUT2D eigenvalue weighted by molar-refractivity contribution is 8.13. The van der Waals surface area contributed by atoms with E-state index in [2.05, 4.69) is 4.98 Å². The quantitative estimate of drug-likeness (QED) is 0.165. The van der Waals surface area contributed by atoms with Gasteiger partial charge >= 0.3 is 7.82 Å². The number of H-pyrrole nitrogens is 1. The fourth-order valence-corrected chi connectivity index (χ4v) is 5.96. The van der Waals surface area contributed by atoms with Gasteiger partial charge in [-0.1, -0.05) is 37.4 Å². The lowest BCUT2D eigenvalue weighted by atomic mass is 9.96. The average Bonchev–Trinajstić information content (AvgIpc) is 3.06. The summed E-state index contributed by atoms with van der Waals surface area (Å²) in [6, 6.07) is 1.18. The van der Waals surface area contributed by atoms with Crippen molar-refractivity contribution in [1.29, 1.82) is 0 Å². The predicted octanol–water partition coefficient (Wildman–Crippen LogP) is 2.41. The summed E-state index contributed by atoms with van der Waals surface area (Å²) in [5.41, 5.74) is -2.29. The van der Waals surface area contributed by atoms with Crippen molar-refractivity contribution in [2.45, 2.75) is 57.6 Å². The topological polar surface area (TPSA) is 166 Å². The second kappa shape index (κ2) is 14.3. The highest BCUT2D eigenvalue weighted by Crippen LogP contribution is 2.50. The third-order valence-corrected chi connectivity index (χ3v) is 8.76. The van der Waals surface area contributed by atoms with Gasteiger partial charge in [-0.05, 0) is 19.1 Å². The largest absolute Gasteiger partial charge is 0.474 e. The number of hydrogen-bond acceptors (Lipinski definition) is 13. The molecule has 16 heteroatoms. The number of nitrogens with one attached hydrogen (secondary N) is 1. The van der Waals surface area contributed by atoms with E-state index in [9.17, 15) is 29.2 Å². The van der Waals surface area contributed by atoms with Crippen LogP contribution in [0.15, 0.2) is 17.1 Å². The number of carbonyl (C=O) groups excluding carboxylic acids is 2. The van der Waals surface area contributed by atoms with Crippen LogP contribution < -0.4 is 5.56 Å². The van der Waals surface area contributed by atoms with Crippen molar-refractivity contribution in [2.75, 3.05) is 31.3 Å². The minimum Gasteiger partial charge on any atom is -0.387 e. The second-order valence-corrected chi connectivity index (χ2v) is 12.1. The van der Waals surface area contributed by atoms with E-state index in [0.717, 1.165) is 23.5 Å². The Kier molecular flexibility index (Phi) is 12.5. The molecule has 0 spiro atoms. The second-order valence-electron chi connectivity index (χ2n) is 7.77.